The number of aromatic nitrogens is 3. The predicted octanol–water partition coefficient (Wildman–Crippen LogP) is 2.37. The van der Waals surface area contributed by atoms with E-state index in [0.29, 0.717) is 22.9 Å². The Morgan fingerprint density at radius 3 is 3.00 bits per heavy atom. The normalized spacial score (nSPS) is 10.8. The molecule has 0 spiro atoms. The van der Waals surface area contributed by atoms with Crippen LogP contribution in [0.4, 0.5) is 0 Å². The molecule has 0 aliphatic carbocycles. The van der Waals surface area contributed by atoms with E-state index >= 15 is 0 Å². The number of halogens is 1. The molecule has 0 fully saturated rings. The average Bonchev–Trinajstić information content (AvgIpc) is 2.87. The highest BCUT2D eigenvalue weighted by atomic mass is 35.5. The third kappa shape index (κ3) is 2.13. The van der Waals surface area contributed by atoms with E-state index in [0.717, 1.165) is 4.70 Å². The Morgan fingerprint density at radius 2 is 2.25 bits per heavy atom. The molecule has 3 aromatic heterocycles. The van der Waals surface area contributed by atoms with E-state index in [9.17, 15) is 9.59 Å². The lowest BCUT2D eigenvalue weighted by molar-refractivity contribution is -0.108. The van der Waals surface area contributed by atoms with Gasteiger partial charge in [-0.25, -0.2) is 4.98 Å². The van der Waals surface area contributed by atoms with E-state index in [-0.39, 0.29) is 17.3 Å². The summed E-state index contributed by atoms with van der Waals surface area (Å²) in [7, 11) is 0. The van der Waals surface area contributed by atoms with Crippen LogP contribution in [-0.2, 0) is 11.3 Å². The summed E-state index contributed by atoms with van der Waals surface area (Å²) in [6.07, 6.45) is 5.30. The van der Waals surface area contributed by atoms with E-state index in [1.807, 2.05) is 11.4 Å². The van der Waals surface area contributed by atoms with Gasteiger partial charge in [-0.15, -0.1) is 11.3 Å². The number of aldehydes is 1. The summed E-state index contributed by atoms with van der Waals surface area (Å²) in [5, 5.41) is 2.65. The molecule has 20 heavy (non-hydrogen) atoms. The van der Waals surface area contributed by atoms with Crippen LogP contribution in [0.2, 0.25) is 5.15 Å². The van der Waals surface area contributed by atoms with Crippen LogP contribution in [0.25, 0.3) is 21.3 Å². The van der Waals surface area contributed by atoms with Gasteiger partial charge in [0, 0.05) is 21.8 Å². The summed E-state index contributed by atoms with van der Waals surface area (Å²) in [6, 6.07) is 1.81. The van der Waals surface area contributed by atoms with Gasteiger partial charge in [-0.1, -0.05) is 11.6 Å². The molecule has 0 amide bonds. The van der Waals surface area contributed by atoms with Crippen molar-refractivity contribution in [2.45, 2.75) is 6.54 Å². The van der Waals surface area contributed by atoms with Gasteiger partial charge in [0.15, 0.2) is 0 Å². The molecule has 7 heteroatoms. The maximum Gasteiger partial charge on any atom is 0.260 e. The summed E-state index contributed by atoms with van der Waals surface area (Å²) in [5.41, 5.74) is 1.02. The molecule has 0 radical (unpaired) electrons. The molecule has 0 aliphatic heterocycles. The van der Waals surface area contributed by atoms with Crippen molar-refractivity contribution in [3.63, 3.8) is 0 Å². The van der Waals surface area contributed by atoms with Gasteiger partial charge in [-0.2, -0.15) is 0 Å². The lowest BCUT2D eigenvalue weighted by atomic mass is 10.1. The van der Waals surface area contributed by atoms with Crippen molar-refractivity contribution < 1.29 is 4.79 Å². The molecule has 0 atom stereocenters. The van der Waals surface area contributed by atoms with Crippen molar-refractivity contribution in [3.8, 4) is 11.3 Å². The number of hydrogen-bond acceptors (Lipinski definition) is 5. The molecule has 3 rings (SSSR count). The fraction of sp³-hybridized carbons (Fsp3) is 0.0769. The fourth-order valence-electron chi connectivity index (χ4n) is 1.97. The molecular weight excluding hydrogens is 298 g/mol. The molecule has 5 nitrogen and oxygen atoms in total. The van der Waals surface area contributed by atoms with Crippen molar-refractivity contribution in [1.82, 2.24) is 14.5 Å². The summed E-state index contributed by atoms with van der Waals surface area (Å²) in [6.45, 7) is 0.0330. The van der Waals surface area contributed by atoms with Gasteiger partial charge in [0.25, 0.3) is 5.56 Å². The minimum atomic E-state index is -0.215. The van der Waals surface area contributed by atoms with Crippen molar-refractivity contribution in [3.05, 3.63) is 45.5 Å². The van der Waals surface area contributed by atoms with Crippen LogP contribution in [0.5, 0.6) is 0 Å². The van der Waals surface area contributed by atoms with Gasteiger partial charge in [-0.3, -0.25) is 9.78 Å². The topological polar surface area (TPSA) is 64.8 Å². The number of carbonyl (C=O) groups is 1. The number of pyridine rings is 1. The third-order valence-corrected chi connectivity index (χ3v) is 3.98. The second-order valence-corrected chi connectivity index (χ2v) is 5.35. The highest BCUT2D eigenvalue weighted by Gasteiger charge is 2.13. The molecule has 100 valence electrons. The van der Waals surface area contributed by atoms with Gasteiger partial charge in [0.1, 0.15) is 11.4 Å². The van der Waals surface area contributed by atoms with Gasteiger partial charge in [0.05, 0.1) is 30.0 Å². The third-order valence-electron chi connectivity index (χ3n) is 2.85. The number of hydrogen-bond donors (Lipinski definition) is 0. The Kier molecular flexibility index (Phi) is 3.33. The van der Waals surface area contributed by atoms with Gasteiger partial charge in [0.2, 0.25) is 0 Å². The number of fused-ring (bicyclic) bond motifs is 1. The van der Waals surface area contributed by atoms with Gasteiger partial charge >= 0.3 is 0 Å². The number of rotatable bonds is 3. The van der Waals surface area contributed by atoms with Gasteiger partial charge < -0.3 is 9.36 Å². The molecule has 3 aromatic rings. The Balaban J connectivity index is 2.29. The minimum absolute atomic E-state index is 0.0330. The predicted molar refractivity (Wildman–Crippen MR) is 78.2 cm³/mol. The van der Waals surface area contributed by atoms with Crippen molar-refractivity contribution in [2.24, 2.45) is 0 Å². The van der Waals surface area contributed by atoms with Crippen LogP contribution in [-0.4, -0.2) is 20.8 Å². The highest BCUT2D eigenvalue weighted by molar-refractivity contribution is 7.17. The van der Waals surface area contributed by atoms with E-state index < -0.39 is 0 Å². The molecule has 3 heterocycles. The molecule has 0 saturated carbocycles. The van der Waals surface area contributed by atoms with Crippen molar-refractivity contribution in [2.75, 3.05) is 0 Å². The smallest absolute Gasteiger partial charge is 0.260 e. The van der Waals surface area contributed by atoms with Gasteiger partial charge in [-0.05, 0) is 6.07 Å². The lowest BCUT2D eigenvalue weighted by Crippen LogP contribution is -2.19. The van der Waals surface area contributed by atoms with E-state index in [2.05, 4.69) is 9.97 Å². The molecule has 0 aromatic carbocycles. The zero-order valence-electron chi connectivity index (χ0n) is 10.1. The van der Waals surface area contributed by atoms with E-state index in [4.69, 9.17) is 11.6 Å². The Morgan fingerprint density at radius 1 is 1.40 bits per heavy atom. The van der Waals surface area contributed by atoms with Crippen LogP contribution in [0.3, 0.4) is 0 Å². The Labute approximate surface area is 122 Å². The lowest BCUT2D eigenvalue weighted by Gasteiger charge is -2.02. The second kappa shape index (κ2) is 5.15. The first-order valence-corrected chi connectivity index (χ1v) is 6.98. The standard InChI is InChI=1S/C13H8ClN3O2S/c14-11-6-15-5-9(16-11)8-7-20-10-1-2-17(3-4-18)13(19)12(8)10/h1-2,4-7H,3H2. The second-order valence-electron chi connectivity index (χ2n) is 4.06. The molecule has 0 unspecified atom stereocenters. The van der Waals surface area contributed by atoms with Crippen LogP contribution < -0.4 is 5.56 Å². The maximum absolute atomic E-state index is 12.4. The first-order valence-electron chi connectivity index (χ1n) is 5.73. The number of carbonyl (C=O) groups excluding carboxylic acids is 1. The van der Waals surface area contributed by atoms with Crippen LogP contribution in [0.1, 0.15) is 0 Å². The first-order chi connectivity index (χ1) is 9.70. The van der Waals surface area contributed by atoms with Crippen molar-refractivity contribution >= 4 is 39.3 Å². The SMILES string of the molecule is O=CCn1ccc2scc(-c3cncc(Cl)n3)c2c1=O. The average molecular weight is 306 g/mol. The maximum atomic E-state index is 12.4. The monoisotopic (exact) mass is 305 g/mol. The summed E-state index contributed by atoms with van der Waals surface area (Å²) in [4.78, 5) is 31.1. The molecule has 0 bridgehead atoms. The van der Waals surface area contributed by atoms with E-state index in [1.54, 1.807) is 12.4 Å². The molecule has 0 N–H and O–H groups in total. The summed E-state index contributed by atoms with van der Waals surface area (Å²) < 4.78 is 2.21. The first kappa shape index (κ1) is 13.0. The number of thiophene rings is 1. The summed E-state index contributed by atoms with van der Waals surface area (Å²) >= 11 is 7.28. The van der Waals surface area contributed by atoms with Crippen molar-refractivity contribution in [1.29, 1.82) is 0 Å². The highest BCUT2D eigenvalue weighted by Crippen LogP contribution is 2.30. The zero-order valence-corrected chi connectivity index (χ0v) is 11.7. The van der Waals surface area contributed by atoms with Crippen LogP contribution in [0.15, 0.2) is 34.8 Å². The fourth-order valence-corrected chi connectivity index (χ4v) is 3.05. The summed E-state index contributed by atoms with van der Waals surface area (Å²) in [5.74, 6) is 0. The largest absolute Gasteiger partial charge is 0.308 e. The molecule has 0 saturated heterocycles. The Hall–Kier alpha value is -2.05. The Bertz CT molecular complexity index is 856. The van der Waals surface area contributed by atoms with E-state index in [1.165, 1.54) is 22.1 Å². The zero-order chi connectivity index (χ0) is 14.1. The quantitative estimate of drug-likeness (QED) is 0.697. The molecule has 0 aliphatic rings. The molecular formula is C13H8ClN3O2S. The van der Waals surface area contributed by atoms with Crippen LogP contribution in [0, 0.1) is 0 Å². The minimum Gasteiger partial charge on any atom is -0.308 e. The number of nitrogens with zero attached hydrogens (tertiary/aromatic N) is 3. The van der Waals surface area contributed by atoms with Crippen LogP contribution >= 0.6 is 22.9 Å².